The number of carboxylic acids is 2. The molecular weight excluding hydrogens is 521 g/mol. The third kappa shape index (κ3) is 13.1. The summed E-state index contributed by atoms with van der Waals surface area (Å²) in [6.07, 6.45) is -16.7. The summed E-state index contributed by atoms with van der Waals surface area (Å²) >= 11 is 0. The van der Waals surface area contributed by atoms with Gasteiger partial charge in [-0.2, -0.15) is 39.5 Å². The van der Waals surface area contributed by atoms with Crippen LogP contribution in [0.1, 0.15) is 25.7 Å². The van der Waals surface area contributed by atoms with E-state index in [-0.39, 0.29) is 13.0 Å². The van der Waals surface area contributed by atoms with Crippen LogP contribution in [-0.2, 0) is 14.4 Å². The second-order valence-electron chi connectivity index (χ2n) is 6.69. The fraction of sp³-hybridized carbons (Fsp3) is 0.812. The Balaban J connectivity index is 0.00000126. The van der Waals surface area contributed by atoms with Gasteiger partial charge in [0.2, 0.25) is 5.91 Å². The number of halogens is 9. The van der Waals surface area contributed by atoms with Crippen LogP contribution >= 0.6 is 21.6 Å². The van der Waals surface area contributed by atoms with E-state index < -0.39 is 73.4 Å². The molecule has 6 nitrogen and oxygen atoms in total. The Morgan fingerprint density at radius 2 is 1.36 bits per heavy atom. The van der Waals surface area contributed by atoms with Gasteiger partial charge in [-0.3, -0.25) is 9.59 Å². The minimum atomic E-state index is -5.08. The number of hydrogen-bond donors (Lipinski definition) is 3. The second kappa shape index (κ2) is 13.4. The molecule has 0 aromatic heterocycles. The molecule has 0 aromatic rings. The van der Waals surface area contributed by atoms with Crippen LogP contribution in [-0.4, -0.2) is 64.6 Å². The maximum Gasteiger partial charge on any atom is 0.490 e. The lowest BCUT2D eigenvalue weighted by Gasteiger charge is -2.37. The van der Waals surface area contributed by atoms with Crippen molar-refractivity contribution in [1.29, 1.82) is 0 Å². The summed E-state index contributed by atoms with van der Waals surface area (Å²) in [4.78, 5) is 31.2. The van der Waals surface area contributed by atoms with Crippen LogP contribution in [0.2, 0.25) is 0 Å². The van der Waals surface area contributed by atoms with Gasteiger partial charge in [0.1, 0.15) is 0 Å². The van der Waals surface area contributed by atoms with E-state index in [1.54, 1.807) is 0 Å². The first-order valence-electron chi connectivity index (χ1n) is 9.04. The van der Waals surface area contributed by atoms with Crippen molar-refractivity contribution >= 4 is 39.4 Å². The molecule has 33 heavy (non-hydrogen) atoms. The molecule has 17 heteroatoms. The van der Waals surface area contributed by atoms with E-state index in [4.69, 9.17) is 15.0 Å². The van der Waals surface area contributed by atoms with Crippen molar-refractivity contribution in [2.75, 3.05) is 18.1 Å². The third-order valence-electron chi connectivity index (χ3n) is 4.28. The number of rotatable bonds is 8. The summed E-state index contributed by atoms with van der Waals surface area (Å²) in [6, 6.07) is 0. The molecule has 1 rings (SSSR count). The van der Waals surface area contributed by atoms with Crippen LogP contribution in [0.5, 0.6) is 0 Å². The lowest BCUT2D eigenvalue weighted by atomic mass is 9.73. The highest BCUT2D eigenvalue weighted by atomic mass is 33.1. The molecule has 0 aromatic carbocycles. The molecule has 1 fully saturated rings. The van der Waals surface area contributed by atoms with Crippen LogP contribution < -0.4 is 5.32 Å². The predicted molar refractivity (Wildman–Crippen MR) is 100 cm³/mol. The standard InChI is InChI=1S/C14H19F6NO3S2.C2HF3O2/c15-13(16,17)8-1-2-9(10(7-8)14(18,19)20)12(24)21-4-6-26-25-5-3-11(22)23;3-2(4,5)1(6)7/h8-10H,1-7H2,(H,21,24)(H,22,23);(H,6,7). The second-order valence-corrected chi connectivity index (χ2v) is 9.39. The van der Waals surface area contributed by atoms with Crippen LogP contribution in [0.3, 0.4) is 0 Å². The number of alkyl halides is 9. The number of aliphatic carboxylic acids is 2. The maximum atomic E-state index is 13.1. The molecule has 1 saturated carbocycles. The molecule has 3 N–H and O–H groups in total. The Morgan fingerprint density at radius 3 is 1.79 bits per heavy atom. The largest absolute Gasteiger partial charge is 0.490 e. The van der Waals surface area contributed by atoms with Crippen molar-refractivity contribution in [3.05, 3.63) is 0 Å². The van der Waals surface area contributed by atoms with Crippen molar-refractivity contribution < 1.29 is 64.1 Å². The van der Waals surface area contributed by atoms with Crippen molar-refractivity contribution in [3.63, 3.8) is 0 Å². The first kappa shape index (κ1) is 31.5. The maximum absolute atomic E-state index is 13.1. The van der Waals surface area contributed by atoms with E-state index in [1.165, 1.54) is 21.6 Å². The number of hydrogen-bond acceptors (Lipinski definition) is 5. The van der Waals surface area contributed by atoms with Gasteiger partial charge in [0.05, 0.1) is 18.3 Å². The Kier molecular flexibility index (Phi) is 12.8. The SMILES string of the molecule is O=C(O)C(F)(F)F.O=C(O)CCSSCCNC(=O)C1CCC(C(F)(F)F)CC1C(F)(F)F. The summed E-state index contributed by atoms with van der Waals surface area (Å²) in [6.45, 7) is 0.0628. The molecule has 0 saturated heterocycles. The van der Waals surface area contributed by atoms with Crippen LogP contribution in [0, 0.1) is 17.8 Å². The zero-order chi connectivity index (χ0) is 26.0. The van der Waals surface area contributed by atoms with Crippen LogP contribution in [0.15, 0.2) is 0 Å². The van der Waals surface area contributed by atoms with Crippen LogP contribution in [0.4, 0.5) is 39.5 Å². The molecule has 3 atom stereocenters. The fourth-order valence-corrected chi connectivity index (χ4v) is 4.62. The fourth-order valence-electron chi connectivity index (χ4n) is 2.74. The topological polar surface area (TPSA) is 104 Å². The highest BCUT2D eigenvalue weighted by molar-refractivity contribution is 8.76. The van der Waals surface area contributed by atoms with Gasteiger partial charge in [-0.25, -0.2) is 4.79 Å². The zero-order valence-corrected chi connectivity index (χ0v) is 18.2. The van der Waals surface area contributed by atoms with Gasteiger partial charge in [-0.15, -0.1) is 0 Å². The molecule has 1 aliphatic rings. The Bertz CT molecular complexity index is 656. The van der Waals surface area contributed by atoms with Gasteiger partial charge in [0.15, 0.2) is 0 Å². The normalized spacial score (nSPS) is 21.5. The minimum Gasteiger partial charge on any atom is -0.481 e. The quantitative estimate of drug-likeness (QED) is 0.232. The average Bonchev–Trinajstić information content (AvgIpc) is 2.64. The number of carbonyl (C=O) groups excluding carboxylic acids is 1. The Labute approximate surface area is 189 Å². The lowest BCUT2D eigenvalue weighted by Crippen LogP contribution is -2.46. The molecule has 0 bridgehead atoms. The number of carbonyl (C=O) groups is 3. The van der Waals surface area contributed by atoms with E-state index in [0.717, 1.165) is 0 Å². The van der Waals surface area contributed by atoms with Gasteiger partial charge in [-0.1, -0.05) is 21.6 Å². The number of amides is 1. The van der Waals surface area contributed by atoms with E-state index in [0.29, 0.717) is 11.5 Å². The molecule has 1 aliphatic carbocycles. The molecule has 0 aliphatic heterocycles. The van der Waals surface area contributed by atoms with Crippen molar-refractivity contribution in [2.24, 2.45) is 17.8 Å². The van der Waals surface area contributed by atoms with Gasteiger partial charge < -0.3 is 15.5 Å². The first-order chi connectivity index (χ1) is 14.9. The minimum absolute atomic E-state index is 0.0280. The summed E-state index contributed by atoms with van der Waals surface area (Å²) in [5.74, 6) is -9.75. The third-order valence-corrected chi connectivity index (χ3v) is 6.69. The first-order valence-corrected chi connectivity index (χ1v) is 11.5. The Hall–Kier alpha value is -1.52. The lowest BCUT2D eigenvalue weighted by molar-refractivity contribution is -0.233. The highest BCUT2D eigenvalue weighted by Crippen LogP contribution is 2.48. The van der Waals surface area contributed by atoms with Crippen molar-refractivity contribution in [1.82, 2.24) is 5.32 Å². The molecule has 194 valence electrons. The average molecular weight is 541 g/mol. The van der Waals surface area contributed by atoms with Crippen LogP contribution in [0.25, 0.3) is 0 Å². The molecule has 3 unspecified atom stereocenters. The van der Waals surface area contributed by atoms with Gasteiger partial charge in [0, 0.05) is 24.0 Å². The van der Waals surface area contributed by atoms with Gasteiger partial charge >= 0.3 is 30.5 Å². The summed E-state index contributed by atoms with van der Waals surface area (Å²) < 4.78 is 109. The number of carboxylic acid groups (broad SMARTS) is 2. The van der Waals surface area contributed by atoms with E-state index in [1.807, 2.05) is 0 Å². The van der Waals surface area contributed by atoms with Crippen molar-refractivity contribution in [2.45, 2.75) is 44.2 Å². The van der Waals surface area contributed by atoms with Crippen molar-refractivity contribution in [3.8, 4) is 0 Å². The van der Waals surface area contributed by atoms with Gasteiger partial charge in [-0.05, 0) is 19.3 Å². The van der Waals surface area contributed by atoms with E-state index in [9.17, 15) is 49.1 Å². The summed E-state index contributed by atoms with van der Waals surface area (Å²) in [5.41, 5.74) is 0. The van der Waals surface area contributed by atoms with E-state index >= 15 is 0 Å². The zero-order valence-electron chi connectivity index (χ0n) is 16.5. The summed E-state index contributed by atoms with van der Waals surface area (Å²) in [7, 11) is 2.52. The summed E-state index contributed by atoms with van der Waals surface area (Å²) in [5, 5.41) is 17.9. The molecular formula is C16H20F9NO5S2. The monoisotopic (exact) mass is 541 g/mol. The molecule has 0 radical (unpaired) electrons. The molecule has 1 amide bonds. The predicted octanol–water partition coefficient (Wildman–Crippen LogP) is 4.75. The van der Waals surface area contributed by atoms with E-state index in [2.05, 4.69) is 5.32 Å². The molecule has 0 spiro atoms. The smallest absolute Gasteiger partial charge is 0.481 e. The number of nitrogens with one attached hydrogen (secondary N) is 1. The highest BCUT2D eigenvalue weighted by Gasteiger charge is 2.54. The Morgan fingerprint density at radius 1 is 0.848 bits per heavy atom. The molecule has 0 heterocycles. The van der Waals surface area contributed by atoms with Gasteiger partial charge in [0.25, 0.3) is 0 Å².